The quantitative estimate of drug-likeness (QED) is 0.776. The van der Waals surface area contributed by atoms with Crippen LogP contribution in [0.2, 0.25) is 0 Å². The number of hydrogen-bond donors (Lipinski definition) is 1. The molecule has 1 aromatic rings. The van der Waals surface area contributed by atoms with E-state index in [0.29, 0.717) is 6.61 Å². The predicted molar refractivity (Wildman–Crippen MR) is 63.1 cm³/mol. The summed E-state index contributed by atoms with van der Waals surface area (Å²) < 4.78 is 11.0. The molecular formula is C12H22N2O2. The number of aromatic nitrogens is 1. The Morgan fingerprint density at radius 2 is 2.19 bits per heavy atom. The highest BCUT2D eigenvalue weighted by molar-refractivity contribution is 4.96. The summed E-state index contributed by atoms with van der Waals surface area (Å²) >= 11 is 0. The lowest BCUT2D eigenvalue weighted by atomic mass is 10.3. The molecule has 0 aliphatic heterocycles. The van der Waals surface area contributed by atoms with E-state index in [-0.39, 0.29) is 12.1 Å². The van der Waals surface area contributed by atoms with E-state index in [0.717, 1.165) is 24.6 Å². The van der Waals surface area contributed by atoms with Crippen LogP contribution >= 0.6 is 0 Å². The van der Waals surface area contributed by atoms with Crippen molar-refractivity contribution < 1.29 is 9.15 Å². The van der Waals surface area contributed by atoms with E-state index >= 15 is 0 Å². The van der Waals surface area contributed by atoms with Crippen molar-refractivity contribution in [3.63, 3.8) is 0 Å². The lowest BCUT2D eigenvalue weighted by molar-refractivity contribution is 0.0536. The van der Waals surface area contributed by atoms with Gasteiger partial charge in [-0.15, -0.1) is 0 Å². The Morgan fingerprint density at radius 3 is 2.81 bits per heavy atom. The van der Waals surface area contributed by atoms with Crippen LogP contribution in [0, 0.1) is 0 Å². The number of hydrogen-bond acceptors (Lipinski definition) is 4. The van der Waals surface area contributed by atoms with Crippen LogP contribution < -0.4 is 5.32 Å². The van der Waals surface area contributed by atoms with E-state index in [9.17, 15) is 0 Å². The van der Waals surface area contributed by atoms with Crippen LogP contribution in [-0.2, 0) is 11.3 Å². The van der Waals surface area contributed by atoms with E-state index in [2.05, 4.69) is 24.1 Å². The number of ether oxygens (including phenoxy) is 1. The first-order valence-corrected chi connectivity index (χ1v) is 5.93. The zero-order valence-corrected chi connectivity index (χ0v) is 10.6. The highest BCUT2D eigenvalue weighted by atomic mass is 16.5. The Balaban J connectivity index is 2.43. The van der Waals surface area contributed by atoms with Crippen LogP contribution in [0.3, 0.4) is 0 Å². The molecule has 1 aromatic heterocycles. The molecule has 0 aliphatic rings. The van der Waals surface area contributed by atoms with Gasteiger partial charge in [0.05, 0.1) is 18.3 Å². The monoisotopic (exact) mass is 226 g/mol. The molecule has 16 heavy (non-hydrogen) atoms. The van der Waals surface area contributed by atoms with E-state index in [1.807, 2.05) is 13.8 Å². The molecule has 1 N–H and O–H groups in total. The van der Waals surface area contributed by atoms with E-state index in [1.54, 1.807) is 6.20 Å². The summed E-state index contributed by atoms with van der Waals surface area (Å²) in [6.07, 6.45) is 3.06. The SMILES string of the molecule is CCCNC(C)c1ncc(COC(C)C)o1. The molecule has 0 bridgehead atoms. The summed E-state index contributed by atoms with van der Waals surface area (Å²) in [5.41, 5.74) is 0. The van der Waals surface area contributed by atoms with Gasteiger partial charge in [-0.05, 0) is 33.7 Å². The number of oxazole rings is 1. The van der Waals surface area contributed by atoms with Crippen molar-refractivity contribution in [1.82, 2.24) is 10.3 Å². The Hall–Kier alpha value is -0.870. The van der Waals surface area contributed by atoms with Crippen LogP contribution in [0.25, 0.3) is 0 Å². The molecule has 92 valence electrons. The first kappa shape index (κ1) is 13.2. The topological polar surface area (TPSA) is 47.3 Å². The van der Waals surface area contributed by atoms with Gasteiger partial charge in [0.15, 0.2) is 0 Å². The molecule has 0 fully saturated rings. The number of nitrogens with one attached hydrogen (secondary N) is 1. The van der Waals surface area contributed by atoms with Crippen molar-refractivity contribution in [2.75, 3.05) is 6.54 Å². The zero-order chi connectivity index (χ0) is 12.0. The molecule has 0 saturated carbocycles. The molecule has 4 heteroatoms. The molecule has 0 aromatic carbocycles. The van der Waals surface area contributed by atoms with Gasteiger partial charge in [-0.3, -0.25) is 0 Å². The smallest absolute Gasteiger partial charge is 0.211 e. The summed E-state index contributed by atoms with van der Waals surface area (Å²) in [5, 5.41) is 3.33. The maximum atomic E-state index is 5.59. The van der Waals surface area contributed by atoms with E-state index < -0.39 is 0 Å². The maximum absolute atomic E-state index is 5.59. The van der Waals surface area contributed by atoms with Crippen molar-refractivity contribution in [2.24, 2.45) is 0 Å². The zero-order valence-electron chi connectivity index (χ0n) is 10.6. The second kappa shape index (κ2) is 6.66. The first-order valence-electron chi connectivity index (χ1n) is 5.93. The van der Waals surface area contributed by atoms with Gasteiger partial charge in [0, 0.05) is 0 Å². The van der Waals surface area contributed by atoms with Gasteiger partial charge < -0.3 is 14.5 Å². The molecule has 1 unspecified atom stereocenters. The fraction of sp³-hybridized carbons (Fsp3) is 0.750. The maximum Gasteiger partial charge on any atom is 0.211 e. The molecule has 1 heterocycles. The average molecular weight is 226 g/mol. The molecule has 0 radical (unpaired) electrons. The van der Waals surface area contributed by atoms with Gasteiger partial charge in [0.2, 0.25) is 5.89 Å². The van der Waals surface area contributed by atoms with Gasteiger partial charge >= 0.3 is 0 Å². The van der Waals surface area contributed by atoms with Crippen molar-refractivity contribution in [3.05, 3.63) is 17.8 Å². The minimum Gasteiger partial charge on any atom is -0.442 e. The van der Waals surface area contributed by atoms with Crippen LogP contribution in [-0.4, -0.2) is 17.6 Å². The van der Waals surface area contributed by atoms with Crippen LogP contribution in [0.4, 0.5) is 0 Å². The fourth-order valence-corrected chi connectivity index (χ4v) is 1.29. The summed E-state index contributed by atoms with van der Waals surface area (Å²) in [7, 11) is 0. The van der Waals surface area contributed by atoms with Crippen LogP contribution in [0.15, 0.2) is 10.6 Å². The minimum absolute atomic E-state index is 0.160. The highest BCUT2D eigenvalue weighted by Crippen LogP contribution is 2.13. The normalized spacial score (nSPS) is 13.3. The molecule has 0 aliphatic carbocycles. The lowest BCUT2D eigenvalue weighted by Gasteiger charge is -2.08. The Morgan fingerprint density at radius 1 is 1.44 bits per heavy atom. The Kier molecular flexibility index (Phi) is 5.49. The first-order chi connectivity index (χ1) is 7.63. The standard InChI is InChI=1S/C12H22N2O2/c1-5-6-13-10(4)12-14-7-11(16-12)8-15-9(2)3/h7,9-10,13H,5-6,8H2,1-4H3. The van der Waals surface area contributed by atoms with Gasteiger partial charge in [-0.1, -0.05) is 6.92 Å². The van der Waals surface area contributed by atoms with Gasteiger partial charge in [-0.25, -0.2) is 4.98 Å². The predicted octanol–water partition coefficient (Wildman–Crippen LogP) is 2.66. The van der Waals surface area contributed by atoms with Crippen molar-refractivity contribution >= 4 is 0 Å². The molecule has 1 rings (SSSR count). The summed E-state index contributed by atoms with van der Waals surface area (Å²) in [6.45, 7) is 9.66. The molecule has 0 amide bonds. The van der Waals surface area contributed by atoms with Gasteiger partial charge in [0.1, 0.15) is 12.4 Å². The lowest BCUT2D eigenvalue weighted by Crippen LogP contribution is -2.19. The fourth-order valence-electron chi connectivity index (χ4n) is 1.29. The van der Waals surface area contributed by atoms with Crippen LogP contribution in [0.5, 0.6) is 0 Å². The average Bonchev–Trinajstić information content (AvgIpc) is 2.71. The third-order valence-electron chi connectivity index (χ3n) is 2.20. The Labute approximate surface area is 97.4 Å². The third-order valence-corrected chi connectivity index (χ3v) is 2.20. The van der Waals surface area contributed by atoms with Gasteiger partial charge in [0.25, 0.3) is 0 Å². The van der Waals surface area contributed by atoms with Gasteiger partial charge in [-0.2, -0.15) is 0 Å². The third kappa shape index (κ3) is 4.33. The summed E-state index contributed by atoms with van der Waals surface area (Å²) in [4.78, 5) is 4.24. The summed E-state index contributed by atoms with van der Waals surface area (Å²) in [6, 6.07) is 0.160. The molecule has 0 saturated heterocycles. The second-order valence-corrected chi connectivity index (χ2v) is 4.20. The van der Waals surface area contributed by atoms with Crippen molar-refractivity contribution in [3.8, 4) is 0 Å². The van der Waals surface area contributed by atoms with E-state index in [4.69, 9.17) is 9.15 Å². The molecule has 1 atom stereocenters. The summed E-state index contributed by atoms with van der Waals surface area (Å²) in [5.74, 6) is 1.52. The molecular weight excluding hydrogens is 204 g/mol. The number of rotatable bonds is 7. The largest absolute Gasteiger partial charge is 0.442 e. The van der Waals surface area contributed by atoms with Crippen LogP contribution in [0.1, 0.15) is 51.8 Å². The van der Waals surface area contributed by atoms with Crippen molar-refractivity contribution in [1.29, 1.82) is 0 Å². The minimum atomic E-state index is 0.160. The molecule has 0 spiro atoms. The highest BCUT2D eigenvalue weighted by Gasteiger charge is 2.11. The Bertz CT molecular complexity index is 297. The second-order valence-electron chi connectivity index (χ2n) is 4.20. The van der Waals surface area contributed by atoms with Crippen molar-refractivity contribution in [2.45, 2.75) is 52.9 Å². The molecule has 4 nitrogen and oxygen atoms in total. The number of nitrogens with zero attached hydrogens (tertiary/aromatic N) is 1. The van der Waals surface area contributed by atoms with E-state index in [1.165, 1.54) is 0 Å².